The number of halogens is 3. The van der Waals surface area contributed by atoms with E-state index in [0.717, 1.165) is 18.5 Å². The third-order valence-corrected chi connectivity index (χ3v) is 2.47. The molecule has 0 aromatic heterocycles. The highest BCUT2D eigenvalue weighted by atomic mass is 19.4. The topological polar surface area (TPSA) is 12.0 Å². The Kier molecular flexibility index (Phi) is 1.94. The van der Waals surface area contributed by atoms with Crippen LogP contribution in [0.25, 0.3) is 0 Å². The van der Waals surface area contributed by atoms with E-state index in [1.165, 1.54) is 13.0 Å². The van der Waals surface area contributed by atoms with Gasteiger partial charge in [-0.3, -0.25) is 0 Å². The molecule has 0 atom stereocenters. The van der Waals surface area contributed by atoms with Crippen molar-refractivity contribution in [3.05, 3.63) is 28.8 Å². The summed E-state index contributed by atoms with van der Waals surface area (Å²) in [6, 6.07) is 2.83. The molecule has 1 aliphatic heterocycles. The number of nitrogens with one attached hydrogen (secondary N) is 1. The average molecular weight is 201 g/mol. The summed E-state index contributed by atoms with van der Waals surface area (Å²) in [6.07, 6.45) is -3.43. The van der Waals surface area contributed by atoms with Gasteiger partial charge in [-0.1, -0.05) is 6.07 Å². The first kappa shape index (κ1) is 9.37. The maximum Gasteiger partial charge on any atom is 0.416 e. The number of benzene rings is 1. The quantitative estimate of drug-likeness (QED) is 0.680. The van der Waals surface area contributed by atoms with E-state index in [1.807, 2.05) is 0 Å². The van der Waals surface area contributed by atoms with Gasteiger partial charge in [0.25, 0.3) is 0 Å². The number of rotatable bonds is 0. The van der Waals surface area contributed by atoms with Crippen LogP contribution in [0.2, 0.25) is 0 Å². The third kappa shape index (κ3) is 1.45. The summed E-state index contributed by atoms with van der Waals surface area (Å²) in [6.45, 7) is 2.23. The SMILES string of the molecule is Cc1cc2c(cc1C(F)(F)F)NCC2. The molecule has 1 nitrogen and oxygen atoms in total. The molecule has 0 bridgehead atoms. The van der Waals surface area contributed by atoms with Crippen molar-refractivity contribution < 1.29 is 13.2 Å². The van der Waals surface area contributed by atoms with Crippen molar-refractivity contribution >= 4 is 5.69 Å². The lowest BCUT2D eigenvalue weighted by atomic mass is 10.0. The molecule has 1 aromatic rings. The van der Waals surface area contributed by atoms with Crippen LogP contribution in [0, 0.1) is 6.92 Å². The van der Waals surface area contributed by atoms with E-state index in [1.54, 1.807) is 6.07 Å². The molecule has 2 rings (SSSR count). The van der Waals surface area contributed by atoms with Crippen LogP contribution in [-0.2, 0) is 12.6 Å². The van der Waals surface area contributed by atoms with Gasteiger partial charge in [0.2, 0.25) is 0 Å². The van der Waals surface area contributed by atoms with E-state index in [2.05, 4.69) is 5.32 Å². The average Bonchev–Trinajstić information content (AvgIpc) is 2.47. The Labute approximate surface area is 79.9 Å². The summed E-state index contributed by atoms with van der Waals surface area (Å²) in [5, 5.41) is 2.94. The first-order valence-corrected chi connectivity index (χ1v) is 4.43. The summed E-state index contributed by atoms with van der Waals surface area (Å²) in [7, 11) is 0. The van der Waals surface area contributed by atoms with E-state index in [-0.39, 0.29) is 0 Å². The molecule has 0 aliphatic carbocycles. The van der Waals surface area contributed by atoms with Crippen LogP contribution in [0.3, 0.4) is 0 Å². The molecule has 76 valence electrons. The molecule has 0 amide bonds. The van der Waals surface area contributed by atoms with Gasteiger partial charge in [0, 0.05) is 12.2 Å². The van der Waals surface area contributed by atoms with Crippen molar-refractivity contribution in [2.75, 3.05) is 11.9 Å². The first-order valence-electron chi connectivity index (χ1n) is 4.43. The summed E-state index contributed by atoms with van der Waals surface area (Å²) < 4.78 is 37.5. The van der Waals surface area contributed by atoms with Crippen LogP contribution in [0.15, 0.2) is 12.1 Å². The van der Waals surface area contributed by atoms with Crippen LogP contribution in [0.4, 0.5) is 18.9 Å². The Morgan fingerprint density at radius 2 is 2.00 bits per heavy atom. The van der Waals surface area contributed by atoms with Gasteiger partial charge in [-0.15, -0.1) is 0 Å². The number of alkyl halides is 3. The van der Waals surface area contributed by atoms with Gasteiger partial charge < -0.3 is 5.32 Å². The first-order chi connectivity index (χ1) is 6.48. The van der Waals surface area contributed by atoms with Gasteiger partial charge in [-0.25, -0.2) is 0 Å². The fourth-order valence-corrected chi connectivity index (χ4v) is 1.78. The lowest BCUT2D eigenvalue weighted by Crippen LogP contribution is -2.08. The second-order valence-electron chi connectivity index (χ2n) is 3.50. The molecule has 1 aromatic carbocycles. The summed E-state index contributed by atoms with van der Waals surface area (Å²) in [5.74, 6) is 0. The lowest BCUT2D eigenvalue weighted by molar-refractivity contribution is -0.138. The standard InChI is InChI=1S/C10H10F3N/c1-6-4-7-2-3-14-9(7)5-8(6)10(11,12)13/h4-5,14H,2-3H2,1H3. The zero-order chi connectivity index (χ0) is 10.3. The molecule has 1 heterocycles. The molecule has 0 unspecified atom stereocenters. The Morgan fingerprint density at radius 3 is 2.64 bits per heavy atom. The van der Waals surface area contributed by atoms with Crippen molar-refractivity contribution in [2.45, 2.75) is 19.5 Å². The van der Waals surface area contributed by atoms with Gasteiger partial charge in [-0.05, 0) is 30.5 Å². The maximum absolute atomic E-state index is 12.5. The Balaban J connectivity index is 2.53. The van der Waals surface area contributed by atoms with E-state index in [0.29, 0.717) is 11.3 Å². The second-order valence-corrected chi connectivity index (χ2v) is 3.50. The molecular formula is C10H10F3N. The molecule has 1 N–H and O–H groups in total. The zero-order valence-electron chi connectivity index (χ0n) is 7.70. The van der Waals surface area contributed by atoms with Gasteiger partial charge in [0.15, 0.2) is 0 Å². The smallest absolute Gasteiger partial charge is 0.384 e. The molecule has 0 saturated carbocycles. The normalized spacial score (nSPS) is 15.1. The van der Waals surface area contributed by atoms with Gasteiger partial charge in [-0.2, -0.15) is 13.2 Å². The lowest BCUT2D eigenvalue weighted by Gasteiger charge is -2.12. The highest BCUT2D eigenvalue weighted by Gasteiger charge is 2.33. The highest BCUT2D eigenvalue weighted by molar-refractivity contribution is 5.59. The molecule has 0 spiro atoms. The van der Waals surface area contributed by atoms with Crippen LogP contribution in [-0.4, -0.2) is 6.54 Å². The van der Waals surface area contributed by atoms with Gasteiger partial charge >= 0.3 is 6.18 Å². The molecule has 1 aliphatic rings. The van der Waals surface area contributed by atoms with Gasteiger partial charge in [0.05, 0.1) is 5.56 Å². The van der Waals surface area contributed by atoms with Crippen molar-refractivity contribution in [2.24, 2.45) is 0 Å². The van der Waals surface area contributed by atoms with Crippen LogP contribution >= 0.6 is 0 Å². The van der Waals surface area contributed by atoms with Gasteiger partial charge in [0.1, 0.15) is 0 Å². The Morgan fingerprint density at radius 1 is 1.29 bits per heavy atom. The molecule has 14 heavy (non-hydrogen) atoms. The van der Waals surface area contributed by atoms with Crippen LogP contribution in [0.5, 0.6) is 0 Å². The fraction of sp³-hybridized carbons (Fsp3) is 0.400. The van der Waals surface area contributed by atoms with E-state index in [4.69, 9.17) is 0 Å². The van der Waals surface area contributed by atoms with Crippen LogP contribution in [0.1, 0.15) is 16.7 Å². The Bertz CT molecular complexity index is 368. The molecule has 4 heteroatoms. The maximum atomic E-state index is 12.5. The summed E-state index contributed by atoms with van der Waals surface area (Å²) in [5.41, 5.74) is 1.38. The molecular weight excluding hydrogens is 191 g/mol. The van der Waals surface area contributed by atoms with E-state index < -0.39 is 11.7 Å². The number of fused-ring (bicyclic) bond motifs is 1. The number of aryl methyl sites for hydroxylation is 1. The highest BCUT2D eigenvalue weighted by Crippen LogP contribution is 2.36. The third-order valence-electron chi connectivity index (χ3n) is 2.47. The van der Waals surface area contributed by atoms with E-state index >= 15 is 0 Å². The number of anilines is 1. The van der Waals surface area contributed by atoms with Crippen LogP contribution < -0.4 is 5.32 Å². The fourth-order valence-electron chi connectivity index (χ4n) is 1.78. The molecule has 0 radical (unpaired) electrons. The summed E-state index contributed by atoms with van der Waals surface area (Å²) >= 11 is 0. The minimum Gasteiger partial charge on any atom is -0.384 e. The van der Waals surface area contributed by atoms with E-state index in [9.17, 15) is 13.2 Å². The molecule has 0 saturated heterocycles. The van der Waals surface area contributed by atoms with Crippen molar-refractivity contribution in [1.82, 2.24) is 0 Å². The van der Waals surface area contributed by atoms with Crippen molar-refractivity contribution in [3.8, 4) is 0 Å². The number of hydrogen-bond acceptors (Lipinski definition) is 1. The zero-order valence-corrected chi connectivity index (χ0v) is 7.70. The molecule has 0 fully saturated rings. The summed E-state index contributed by atoms with van der Waals surface area (Å²) in [4.78, 5) is 0. The monoisotopic (exact) mass is 201 g/mol. The largest absolute Gasteiger partial charge is 0.416 e. The second kappa shape index (κ2) is 2.90. The predicted molar refractivity (Wildman–Crippen MR) is 48.4 cm³/mol. The van der Waals surface area contributed by atoms with Crippen molar-refractivity contribution in [3.63, 3.8) is 0 Å². The minimum atomic E-state index is -4.25. The number of hydrogen-bond donors (Lipinski definition) is 1. The predicted octanol–water partition coefficient (Wildman–Crippen LogP) is 2.98. The Hall–Kier alpha value is -1.19. The van der Waals surface area contributed by atoms with Crippen molar-refractivity contribution in [1.29, 1.82) is 0 Å². The minimum absolute atomic E-state index is 0.306.